The predicted octanol–water partition coefficient (Wildman–Crippen LogP) is 8.54. The standard InChI is InChI=1S/C37H31N2/c1-38-31-24-14-12-22-29(31)34(36(38)27-18-8-4-9-19-27)33(26-16-6-3-7-17-26)35-30-23-13-15-25-32(30)39(2)37(35)28-20-10-5-11-21-28/h3-25,33-34H,1-2H3/q+1. The zero-order valence-corrected chi connectivity index (χ0v) is 22.3. The van der Waals surface area contributed by atoms with Crippen LogP contribution in [0.1, 0.15) is 34.1 Å². The molecule has 2 nitrogen and oxygen atoms in total. The summed E-state index contributed by atoms with van der Waals surface area (Å²) in [5.41, 5.74) is 11.8. The second-order valence-corrected chi connectivity index (χ2v) is 10.4. The van der Waals surface area contributed by atoms with Crippen LogP contribution in [0.25, 0.3) is 22.2 Å². The molecule has 39 heavy (non-hydrogen) atoms. The van der Waals surface area contributed by atoms with E-state index in [1.807, 2.05) is 0 Å². The first kappa shape index (κ1) is 23.4. The Hall–Kier alpha value is -4.69. The topological polar surface area (TPSA) is 7.94 Å². The summed E-state index contributed by atoms with van der Waals surface area (Å²) in [6, 6.07) is 50.8. The highest BCUT2D eigenvalue weighted by atomic mass is 15.0. The van der Waals surface area contributed by atoms with E-state index < -0.39 is 0 Å². The lowest BCUT2D eigenvalue weighted by Gasteiger charge is -2.26. The summed E-state index contributed by atoms with van der Waals surface area (Å²) in [4.78, 5) is 0. The van der Waals surface area contributed by atoms with Gasteiger partial charge in [-0.2, -0.15) is 4.58 Å². The molecule has 0 fully saturated rings. The lowest BCUT2D eigenvalue weighted by atomic mass is 9.73. The van der Waals surface area contributed by atoms with Crippen molar-refractivity contribution in [3.8, 4) is 11.3 Å². The predicted molar refractivity (Wildman–Crippen MR) is 162 cm³/mol. The fraction of sp³-hybridized carbons (Fsp3) is 0.108. The van der Waals surface area contributed by atoms with Crippen LogP contribution >= 0.6 is 0 Å². The van der Waals surface area contributed by atoms with Gasteiger partial charge in [0, 0.05) is 41.1 Å². The molecule has 0 aliphatic carbocycles. The van der Waals surface area contributed by atoms with E-state index in [9.17, 15) is 0 Å². The van der Waals surface area contributed by atoms with Gasteiger partial charge in [-0.3, -0.25) is 0 Å². The average Bonchev–Trinajstić information content (AvgIpc) is 3.46. The van der Waals surface area contributed by atoms with Gasteiger partial charge in [-0.25, -0.2) is 0 Å². The van der Waals surface area contributed by atoms with E-state index in [2.05, 4.69) is 163 Å². The van der Waals surface area contributed by atoms with Crippen molar-refractivity contribution in [2.45, 2.75) is 11.8 Å². The normalized spacial score (nSPS) is 15.5. The van der Waals surface area contributed by atoms with Crippen molar-refractivity contribution in [3.63, 3.8) is 0 Å². The van der Waals surface area contributed by atoms with Crippen LogP contribution in [0.2, 0.25) is 0 Å². The number of nitrogens with zero attached hydrogens (tertiary/aromatic N) is 2. The molecule has 1 aromatic heterocycles. The van der Waals surface area contributed by atoms with Gasteiger partial charge < -0.3 is 4.57 Å². The Kier molecular flexibility index (Phi) is 5.74. The zero-order valence-electron chi connectivity index (χ0n) is 22.3. The van der Waals surface area contributed by atoms with Crippen LogP contribution in [0, 0.1) is 0 Å². The minimum Gasteiger partial charge on any atom is -0.343 e. The highest BCUT2D eigenvalue weighted by Gasteiger charge is 2.45. The lowest BCUT2D eigenvalue weighted by molar-refractivity contribution is -0.401. The highest BCUT2D eigenvalue weighted by molar-refractivity contribution is 6.06. The summed E-state index contributed by atoms with van der Waals surface area (Å²) in [5.74, 6) is 0.248. The number of para-hydroxylation sites is 2. The Labute approximate surface area is 230 Å². The van der Waals surface area contributed by atoms with Gasteiger partial charge in [-0.1, -0.05) is 115 Å². The molecule has 2 atom stereocenters. The maximum absolute atomic E-state index is 2.42. The third-order valence-corrected chi connectivity index (χ3v) is 8.36. The van der Waals surface area contributed by atoms with Gasteiger partial charge in [0.15, 0.2) is 5.71 Å². The molecule has 2 unspecified atom stereocenters. The van der Waals surface area contributed by atoms with Crippen LogP contribution < -0.4 is 0 Å². The second-order valence-electron chi connectivity index (χ2n) is 10.4. The van der Waals surface area contributed by atoms with Crippen LogP contribution in [-0.2, 0) is 7.05 Å². The quantitative estimate of drug-likeness (QED) is 0.208. The number of aryl methyl sites for hydroxylation is 1. The Morgan fingerprint density at radius 2 is 1.18 bits per heavy atom. The molecule has 2 heteroatoms. The minimum absolute atomic E-state index is 0.105. The molecule has 1 aliphatic rings. The van der Waals surface area contributed by atoms with Crippen molar-refractivity contribution in [1.29, 1.82) is 0 Å². The monoisotopic (exact) mass is 503 g/mol. The van der Waals surface area contributed by atoms with Gasteiger partial charge in [0.1, 0.15) is 7.05 Å². The molecule has 7 rings (SSSR count). The van der Waals surface area contributed by atoms with Crippen LogP contribution in [-0.4, -0.2) is 21.9 Å². The molecule has 0 saturated carbocycles. The molecule has 0 radical (unpaired) electrons. The Morgan fingerprint density at radius 3 is 1.90 bits per heavy atom. The number of hydrogen-bond acceptors (Lipinski definition) is 0. The molecule has 0 spiro atoms. The van der Waals surface area contributed by atoms with Gasteiger partial charge in [0.25, 0.3) is 0 Å². The third kappa shape index (κ3) is 3.75. The molecule has 0 bridgehead atoms. The van der Waals surface area contributed by atoms with Crippen LogP contribution in [0.3, 0.4) is 0 Å². The molecule has 5 aromatic carbocycles. The van der Waals surface area contributed by atoms with Crippen LogP contribution in [0.5, 0.6) is 0 Å². The number of hydrogen-bond donors (Lipinski definition) is 0. The van der Waals surface area contributed by atoms with Crippen molar-refractivity contribution in [3.05, 3.63) is 162 Å². The van der Waals surface area contributed by atoms with E-state index in [1.165, 1.54) is 55.8 Å². The fourth-order valence-corrected chi connectivity index (χ4v) is 6.73. The van der Waals surface area contributed by atoms with Gasteiger partial charge in [-0.15, -0.1) is 0 Å². The van der Waals surface area contributed by atoms with Crippen molar-refractivity contribution in [1.82, 2.24) is 4.57 Å². The average molecular weight is 504 g/mol. The number of rotatable bonds is 5. The Morgan fingerprint density at radius 1 is 0.615 bits per heavy atom. The van der Waals surface area contributed by atoms with E-state index in [0.717, 1.165) is 0 Å². The smallest absolute Gasteiger partial charge is 0.209 e. The van der Waals surface area contributed by atoms with Crippen LogP contribution in [0.15, 0.2) is 140 Å². The third-order valence-electron chi connectivity index (χ3n) is 8.36. The van der Waals surface area contributed by atoms with Gasteiger partial charge in [0.05, 0.1) is 11.6 Å². The summed E-state index contributed by atoms with van der Waals surface area (Å²) in [7, 11) is 4.44. The largest absolute Gasteiger partial charge is 0.343 e. The summed E-state index contributed by atoms with van der Waals surface area (Å²) in [6.07, 6.45) is 0. The lowest BCUT2D eigenvalue weighted by Crippen LogP contribution is -2.23. The van der Waals surface area contributed by atoms with Crippen molar-refractivity contribution >= 4 is 22.3 Å². The van der Waals surface area contributed by atoms with E-state index >= 15 is 0 Å². The SMILES string of the molecule is Cn1c(-c2ccccc2)c(C(c2ccccc2)C2C(c3ccccc3)=[N+](C)c3ccccc32)c2ccccc21. The first-order valence-electron chi connectivity index (χ1n) is 13.7. The van der Waals surface area contributed by atoms with E-state index in [-0.39, 0.29) is 11.8 Å². The maximum atomic E-state index is 2.42. The summed E-state index contributed by atoms with van der Waals surface area (Å²) in [6.45, 7) is 0. The molecular formula is C37H31N2+. The fourth-order valence-electron chi connectivity index (χ4n) is 6.73. The molecule has 0 saturated heterocycles. The molecule has 0 amide bonds. The number of fused-ring (bicyclic) bond motifs is 2. The molecule has 2 heterocycles. The molecule has 1 aliphatic heterocycles. The van der Waals surface area contributed by atoms with Crippen LogP contribution in [0.4, 0.5) is 5.69 Å². The number of benzene rings is 5. The first-order chi connectivity index (χ1) is 19.2. The molecule has 6 aromatic rings. The minimum atomic E-state index is 0.105. The van der Waals surface area contributed by atoms with Gasteiger partial charge in [-0.05, 0) is 34.9 Å². The van der Waals surface area contributed by atoms with Crippen molar-refractivity contribution < 1.29 is 4.58 Å². The zero-order chi connectivity index (χ0) is 26.3. The van der Waals surface area contributed by atoms with E-state index in [1.54, 1.807) is 0 Å². The Balaban J connectivity index is 1.60. The summed E-state index contributed by atoms with van der Waals surface area (Å²) < 4.78 is 4.81. The van der Waals surface area contributed by atoms with Gasteiger partial charge >= 0.3 is 0 Å². The van der Waals surface area contributed by atoms with Crippen molar-refractivity contribution in [2.75, 3.05) is 7.05 Å². The van der Waals surface area contributed by atoms with Crippen molar-refractivity contribution in [2.24, 2.45) is 7.05 Å². The van der Waals surface area contributed by atoms with Gasteiger partial charge in [0.2, 0.25) is 5.69 Å². The maximum Gasteiger partial charge on any atom is 0.209 e. The summed E-state index contributed by atoms with van der Waals surface area (Å²) >= 11 is 0. The number of aromatic nitrogens is 1. The Bertz CT molecular complexity index is 1810. The molecular weight excluding hydrogens is 472 g/mol. The first-order valence-corrected chi connectivity index (χ1v) is 13.7. The highest BCUT2D eigenvalue weighted by Crippen LogP contribution is 2.51. The summed E-state index contributed by atoms with van der Waals surface area (Å²) in [5, 5.41) is 1.31. The molecule has 0 N–H and O–H groups in total. The van der Waals surface area contributed by atoms with E-state index in [0.29, 0.717) is 0 Å². The molecule has 188 valence electrons. The second kappa shape index (κ2) is 9.56. The van der Waals surface area contributed by atoms with E-state index in [4.69, 9.17) is 0 Å².